The van der Waals surface area contributed by atoms with Gasteiger partial charge in [-0.15, -0.1) is 0 Å². The first-order valence-electron chi connectivity index (χ1n) is 16.2. The zero-order valence-electron chi connectivity index (χ0n) is 27.6. The average Bonchev–Trinajstić information content (AvgIpc) is 3.45. The minimum Gasteiger partial charge on any atom is -0.497 e. The molecule has 0 spiro atoms. The second kappa shape index (κ2) is 11.4. The summed E-state index contributed by atoms with van der Waals surface area (Å²) in [5.74, 6) is 1.11. The molecule has 0 amide bonds. The van der Waals surface area contributed by atoms with Gasteiger partial charge in [-0.05, 0) is 79.4 Å². The van der Waals surface area contributed by atoms with Crippen LogP contribution >= 0.6 is 0 Å². The third kappa shape index (κ3) is 5.21. The van der Waals surface area contributed by atoms with Crippen LogP contribution in [0.5, 0.6) is 11.5 Å². The number of benzene rings is 6. The van der Waals surface area contributed by atoms with Crippen molar-refractivity contribution in [2.45, 2.75) is 31.8 Å². The molecule has 0 radical (unpaired) electrons. The summed E-state index contributed by atoms with van der Waals surface area (Å²) in [5, 5.41) is 2.88. The molecule has 51 heavy (non-hydrogen) atoms. The summed E-state index contributed by atoms with van der Waals surface area (Å²) in [5.41, 5.74) is 0.591. The number of methoxy groups -OCH3 is 1. The predicted octanol–water partition coefficient (Wildman–Crippen LogP) is 11.9. The van der Waals surface area contributed by atoms with Crippen LogP contribution in [0.3, 0.4) is 0 Å². The summed E-state index contributed by atoms with van der Waals surface area (Å²) in [6.07, 6.45) is -6.27. The van der Waals surface area contributed by atoms with Crippen LogP contribution in [0.15, 0.2) is 115 Å². The van der Waals surface area contributed by atoms with Crippen LogP contribution in [0, 0.1) is 13.8 Å². The Kier molecular flexibility index (Phi) is 7.27. The highest BCUT2D eigenvalue weighted by molar-refractivity contribution is 6.25. The average molecular weight is 694 g/mol. The number of aromatic nitrogens is 1. The van der Waals surface area contributed by atoms with Crippen LogP contribution in [-0.2, 0) is 18.0 Å². The van der Waals surface area contributed by atoms with E-state index in [-0.39, 0.29) is 11.8 Å². The van der Waals surface area contributed by atoms with E-state index in [1.54, 1.807) is 13.2 Å². The molecule has 0 aliphatic carbocycles. The molecular weight excluding hydrogens is 664 g/mol. The molecule has 0 N–H and O–H groups in total. The number of nitrogens with zero attached hydrogens (tertiary/aromatic N) is 1. The highest BCUT2D eigenvalue weighted by Gasteiger charge is 2.40. The molecule has 0 saturated heterocycles. The molecule has 3 nitrogen and oxygen atoms in total. The molecule has 0 saturated carbocycles. The lowest BCUT2D eigenvalue weighted by atomic mass is 9.82. The van der Waals surface area contributed by atoms with Crippen LogP contribution in [-0.4, -0.2) is 11.7 Å². The van der Waals surface area contributed by atoms with Gasteiger partial charge in [0.25, 0.3) is 0 Å². The van der Waals surface area contributed by atoms with E-state index in [9.17, 15) is 26.3 Å². The lowest BCUT2D eigenvalue weighted by Gasteiger charge is -2.37. The van der Waals surface area contributed by atoms with Crippen molar-refractivity contribution in [1.29, 1.82) is 0 Å². The van der Waals surface area contributed by atoms with Crippen LogP contribution in [0.1, 0.15) is 38.9 Å². The smallest absolute Gasteiger partial charge is 0.416 e. The maximum Gasteiger partial charge on any atom is 0.416 e. The summed E-state index contributed by atoms with van der Waals surface area (Å²) >= 11 is 0. The zero-order chi connectivity index (χ0) is 35.9. The summed E-state index contributed by atoms with van der Waals surface area (Å²) in [6, 6.07) is 30.2. The van der Waals surface area contributed by atoms with Crippen molar-refractivity contribution in [3.63, 3.8) is 0 Å². The van der Waals surface area contributed by atoms with Gasteiger partial charge in [-0.3, -0.25) is 0 Å². The summed E-state index contributed by atoms with van der Waals surface area (Å²) < 4.78 is 99.5. The van der Waals surface area contributed by atoms with Gasteiger partial charge in [0.1, 0.15) is 11.5 Å². The number of aryl methyl sites for hydroxylation is 2. The fraction of sp³-hybridized carbons (Fsp3) is 0.143. The maximum absolute atomic E-state index is 14.2. The molecular formula is C42H29F6NO2. The maximum atomic E-state index is 14.2. The fourth-order valence-corrected chi connectivity index (χ4v) is 7.24. The third-order valence-electron chi connectivity index (χ3n) is 9.61. The normalized spacial score (nSPS) is 16.1. The number of ether oxygens (including phenoxy) is 2. The number of rotatable bonds is 4. The van der Waals surface area contributed by atoms with E-state index >= 15 is 0 Å². The summed E-state index contributed by atoms with van der Waals surface area (Å²) in [6.45, 7) is 3.79. The van der Waals surface area contributed by atoms with E-state index in [1.807, 2.05) is 111 Å². The van der Waals surface area contributed by atoms with E-state index in [2.05, 4.69) is 0 Å². The van der Waals surface area contributed by atoms with Crippen LogP contribution in [0.25, 0.3) is 44.3 Å². The Balaban J connectivity index is 1.53. The van der Waals surface area contributed by atoms with Gasteiger partial charge in [0.05, 0.1) is 29.3 Å². The molecule has 1 atom stereocenters. The minimum absolute atomic E-state index is 0.155. The van der Waals surface area contributed by atoms with Crippen molar-refractivity contribution < 1.29 is 35.8 Å². The molecule has 2 heterocycles. The van der Waals surface area contributed by atoms with E-state index in [0.717, 1.165) is 45.2 Å². The van der Waals surface area contributed by atoms with Gasteiger partial charge in [-0.1, -0.05) is 72.3 Å². The van der Waals surface area contributed by atoms with Crippen molar-refractivity contribution >= 4 is 38.7 Å². The number of fused-ring (bicyclic) bond motifs is 8. The third-order valence-corrected chi connectivity index (χ3v) is 9.61. The predicted molar refractivity (Wildman–Crippen MR) is 188 cm³/mol. The van der Waals surface area contributed by atoms with Crippen molar-refractivity contribution in [3.8, 4) is 17.2 Å². The first-order valence-corrected chi connectivity index (χ1v) is 16.2. The Bertz CT molecular complexity index is 2500. The lowest BCUT2D eigenvalue weighted by Crippen LogP contribution is -2.34. The molecule has 9 heteroatoms. The zero-order valence-corrected chi connectivity index (χ0v) is 27.6. The van der Waals surface area contributed by atoms with Gasteiger partial charge in [0.2, 0.25) is 0 Å². The van der Waals surface area contributed by atoms with Gasteiger partial charge in [0.15, 0.2) is 5.60 Å². The van der Waals surface area contributed by atoms with Crippen molar-refractivity contribution in [2.24, 2.45) is 0 Å². The van der Waals surface area contributed by atoms with Crippen molar-refractivity contribution in [3.05, 3.63) is 154 Å². The Morgan fingerprint density at radius 2 is 1.25 bits per heavy atom. The number of halogens is 6. The Morgan fingerprint density at radius 3 is 1.88 bits per heavy atom. The lowest BCUT2D eigenvalue weighted by molar-refractivity contribution is -0.143. The van der Waals surface area contributed by atoms with Crippen LogP contribution < -0.4 is 9.47 Å². The first kappa shape index (κ1) is 32.5. The summed E-state index contributed by atoms with van der Waals surface area (Å²) in [7, 11) is 1.58. The number of hydrogen-bond acceptors (Lipinski definition) is 2. The number of hydrogen-bond donors (Lipinski definition) is 0. The van der Waals surface area contributed by atoms with Gasteiger partial charge in [-0.25, -0.2) is 0 Å². The Morgan fingerprint density at radius 1 is 0.647 bits per heavy atom. The molecule has 1 aromatic heterocycles. The van der Waals surface area contributed by atoms with Gasteiger partial charge in [0, 0.05) is 38.5 Å². The summed E-state index contributed by atoms with van der Waals surface area (Å²) in [4.78, 5) is 0. The highest BCUT2D eigenvalue weighted by Crippen LogP contribution is 2.51. The first-order chi connectivity index (χ1) is 24.3. The molecule has 1 unspecified atom stereocenters. The second-order valence-electron chi connectivity index (χ2n) is 12.9. The fourth-order valence-electron chi connectivity index (χ4n) is 7.24. The largest absolute Gasteiger partial charge is 0.497 e. The monoisotopic (exact) mass is 693 g/mol. The topological polar surface area (TPSA) is 23.4 Å². The molecule has 7 aromatic rings. The molecule has 0 fully saturated rings. The van der Waals surface area contributed by atoms with E-state index in [4.69, 9.17) is 9.47 Å². The molecule has 6 aromatic carbocycles. The molecule has 256 valence electrons. The SMILES string of the molecule is COc1ccc(C2(c3ccccc3)C=Cc3c(c4cc(C)ccc4c4c5ccc(C)cc5n(-c5cc(C(F)(F)F)cc(C(F)(F)F)c5)c34)O2)cc1. The molecule has 0 bridgehead atoms. The number of alkyl halides is 6. The standard InChI is InChI=1S/C42H29F6NO2/c1-24-9-15-32-35(19-24)39-34(17-18-40(51-39,26-7-5-4-6-8-26)27-11-13-31(50-3)14-12-27)38-37(32)33-16-10-25(2)20-36(33)49(38)30-22-28(41(43,44)45)21-29(23-30)42(46,47)48/h4-23H,1-3H3. The van der Waals surface area contributed by atoms with Gasteiger partial charge >= 0.3 is 12.4 Å². The molecule has 1 aliphatic rings. The van der Waals surface area contributed by atoms with Gasteiger partial charge < -0.3 is 14.0 Å². The van der Waals surface area contributed by atoms with Gasteiger partial charge in [-0.2, -0.15) is 26.3 Å². The minimum atomic E-state index is -5.02. The van der Waals surface area contributed by atoms with E-state index < -0.39 is 29.1 Å². The highest BCUT2D eigenvalue weighted by atomic mass is 19.4. The molecule has 1 aliphatic heterocycles. The van der Waals surface area contributed by atoms with Crippen LogP contribution in [0.4, 0.5) is 26.3 Å². The van der Waals surface area contributed by atoms with Crippen molar-refractivity contribution in [2.75, 3.05) is 7.11 Å². The van der Waals surface area contributed by atoms with E-state index in [0.29, 0.717) is 38.9 Å². The molecule has 8 rings (SSSR count). The van der Waals surface area contributed by atoms with Crippen molar-refractivity contribution in [1.82, 2.24) is 4.57 Å². The second-order valence-corrected chi connectivity index (χ2v) is 12.9. The quantitative estimate of drug-likeness (QED) is 0.171. The van der Waals surface area contributed by atoms with Crippen LogP contribution in [0.2, 0.25) is 0 Å². The Labute approximate surface area is 289 Å². The Hall–Kier alpha value is -5.70. The van der Waals surface area contributed by atoms with E-state index in [1.165, 1.54) is 4.57 Å².